The Morgan fingerprint density at radius 3 is 2.49 bits per heavy atom. The maximum Gasteiger partial charge on any atom is 0.132 e. The highest BCUT2D eigenvalue weighted by molar-refractivity contribution is 5.54. The number of fused-ring (bicyclic) bond motifs is 1. The van der Waals surface area contributed by atoms with Gasteiger partial charge in [-0.2, -0.15) is 0 Å². The van der Waals surface area contributed by atoms with Crippen molar-refractivity contribution in [3.05, 3.63) is 94.8 Å². The highest BCUT2D eigenvalue weighted by Crippen LogP contribution is 2.45. The van der Waals surface area contributed by atoms with Crippen molar-refractivity contribution in [3.63, 3.8) is 0 Å². The van der Waals surface area contributed by atoms with Gasteiger partial charge in [-0.25, -0.2) is 4.39 Å². The van der Waals surface area contributed by atoms with Crippen molar-refractivity contribution < 1.29 is 18.6 Å². The van der Waals surface area contributed by atoms with E-state index in [-0.39, 0.29) is 18.0 Å². The normalized spacial score (nSPS) is 20.7. The van der Waals surface area contributed by atoms with E-state index < -0.39 is 5.60 Å². The van der Waals surface area contributed by atoms with Crippen LogP contribution in [0, 0.1) is 18.7 Å². The SMILES string of the molecule is Cc1ccc(CNc2ccc3c(c2)C(OCCC2CCCCC2)C(OCc2cccc(F)c2)C(C)(C)O3)cc1. The van der Waals surface area contributed by atoms with E-state index >= 15 is 0 Å². The van der Waals surface area contributed by atoms with E-state index in [1.807, 2.05) is 26.0 Å². The van der Waals surface area contributed by atoms with E-state index in [2.05, 4.69) is 48.6 Å². The van der Waals surface area contributed by atoms with Gasteiger partial charge >= 0.3 is 0 Å². The summed E-state index contributed by atoms with van der Waals surface area (Å²) in [5.41, 5.74) is 4.67. The number of rotatable bonds is 10. The first-order valence-electron chi connectivity index (χ1n) is 14.5. The van der Waals surface area contributed by atoms with Crippen molar-refractivity contribution in [2.24, 2.45) is 5.92 Å². The van der Waals surface area contributed by atoms with E-state index in [0.717, 1.165) is 41.4 Å². The highest BCUT2D eigenvalue weighted by atomic mass is 19.1. The third kappa shape index (κ3) is 7.20. The molecular formula is C34H42FNO3. The predicted molar refractivity (Wildman–Crippen MR) is 155 cm³/mol. The Balaban J connectivity index is 1.36. The van der Waals surface area contributed by atoms with Crippen LogP contribution in [0.5, 0.6) is 5.75 Å². The molecular weight excluding hydrogens is 489 g/mol. The van der Waals surface area contributed by atoms with E-state index in [0.29, 0.717) is 13.2 Å². The average molecular weight is 532 g/mol. The van der Waals surface area contributed by atoms with Crippen LogP contribution in [-0.4, -0.2) is 18.3 Å². The molecule has 0 aromatic heterocycles. The molecule has 1 saturated carbocycles. The van der Waals surface area contributed by atoms with Gasteiger partial charge in [0.25, 0.3) is 0 Å². The van der Waals surface area contributed by atoms with Crippen LogP contribution in [0.4, 0.5) is 10.1 Å². The number of nitrogens with one attached hydrogen (secondary N) is 1. The fourth-order valence-electron chi connectivity index (χ4n) is 5.87. The standard InChI is InChI=1S/C34H42FNO3/c1-24-12-14-26(15-13-24)22-36-29-16-17-31-30(21-29)32(37-19-18-25-8-5-4-6-9-25)33(34(2,3)39-31)38-23-27-10-7-11-28(35)20-27/h7,10-17,20-21,25,32-33,36H,4-6,8-9,18-19,22-23H2,1-3H3. The molecule has 5 heteroatoms. The van der Waals surface area contributed by atoms with Crippen LogP contribution in [0.25, 0.3) is 0 Å². The summed E-state index contributed by atoms with van der Waals surface area (Å²) in [6.07, 6.45) is 7.02. The van der Waals surface area contributed by atoms with Crippen LogP contribution in [0.15, 0.2) is 66.7 Å². The Kier molecular flexibility index (Phi) is 8.89. The van der Waals surface area contributed by atoms with Crippen LogP contribution in [-0.2, 0) is 22.6 Å². The summed E-state index contributed by atoms with van der Waals surface area (Å²) in [5, 5.41) is 3.56. The lowest BCUT2D eigenvalue weighted by atomic mass is 9.86. The lowest BCUT2D eigenvalue weighted by Gasteiger charge is -2.44. The van der Waals surface area contributed by atoms with Gasteiger partial charge < -0.3 is 19.5 Å². The molecule has 1 N–H and O–H groups in total. The third-order valence-electron chi connectivity index (χ3n) is 8.13. The summed E-state index contributed by atoms with van der Waals surface area (Å²) in [7, 11) is 0. The summed E-state index contributed by atoms with van der Waals surface area (Å²) in [4.78, 5) is 0. The topological polar surface area (TPSA) is 39.7 Å². The molecule has 1 fully saturated rings. The quantitative estimate of drug-likeness (QED) is 0.285. The predicted octanol–water partition coefficient (Wildman–Crippen LogP) is 8.53. The molecule has 0 bridgehead atoms. The van der Waals surface area contributed by atoms with Crippen molar-refractivity contribution in [1.29, 1.82) is 0 Å². The minimum absolute atomic E-state index is 0.259. The first-order valence-corrected chi connectivity index (χ1v) is 14.5. The molecule has 3 aromatic carbocycles. The van der Waals surface area contributed by atoms with Gasteiger partial charge in [0.1, 0.15) is 29.4 Å². The molecule has 0 spiro atoms. The van der Waals surface area contributed by atoms with Gasteiger partial charge in [0.2, 0.25) is 0 Å². The third-order valence-corrected chi connectivity index (χ3v) is 8.13. The van der Waals surface area contributed by atoms with Gasteiger partial charge in [-0.05, 0) is 74.6 Å². The Bertz CT molecular complexity index is 1220. The Labute approximate surface area is 232 Å². The van der Waals surface area contributed by atoms with E-state index in [1.165, 1.54) is 55.4 Å². The minimum atomic E-state index is -0.618. The zero-order chi connectivity index (χ0) is 27.2. The van der Waals surface area contributed by atoms with Gasteiger partial charge in [-0.15, -0.1) is 0 Å². The van der Waals surface area contributed by atoms with E-state index in [1.54, 1.807) is 6.07 Å². The number of ether oxygens (including phenoxy) is 3. The zero-order valence-electron chi connectivity index (χ0n) is 23.5. The van der Waals surface area contributed by atoms with Crippen LogP contribution < -0.4 is 10.1 Å². The molecule has 4 nitrogen and oxygen atoms in total. The molecule has 39 heavy (non-hydrogen) atoms. The van der Waals surface area contributed by atoms with Crippen molar-refractivity contribution in [1.82, 2.24) is 0 Å². The second-order valence-electron chi connectivity index (χ2n) is 11.7. The van der Waals surface area contributed by atoms with Crippen molar-refractivity contribution >= 4 is 5.69 Å². The molecule has 0 saturated heterocycles. The van der Waals surface area contributed by atoms with E-state index in [9.17, 15) is 4.39 Å². The molecule has 208 valence electrons. The summed E-state index contributed by atoms with van der Waals surface area (Å²) >= 11 is 0. The van der Waals surface area contributed by atoms with Gasteiger partial charge in [0, 0.05) is 24.4 Å². The smallest absolute Gasteiger partial charge is 0.132 e. The first kappa shape index (κ1) is 27.7. The summed E-state index contributed by atoms with van der Waals surface area (Å²) in [6.45, 7) is 7.91. The maximum atomic E-state index is 13.8. The van der Waals surface area contributed by atoms with Crippen LogP contribution in [0.2, 0.25) is 0 Å². The van der Waals surface area contributed by atoms with Crippen molar-refractivity contribution in [2.45, 2.75) is 90.3 Å². The largest absolute Gasteiger partial charge is 0.485 e. The molecule has 0 radical (unpaired) electrons. The van der Waals surface area contributed by atoms with Gasteiger partial charge in [0.15, 0.2) is 0 Å². The Morgan fingerprint density at radius 1 is 0.923 bits per heavy atom. The molecule has 2 unspecified atom stereocenters. The van der Waals surface area contributed by atoms with Crippen molar-refractivity contribution in [2.75, 3.05) is 11.9 Å². The summed E-state index contributed by atoms with van der Waals surface area (Å²) in [5.74, 6) is 1.31. The minimum Gasteiger partial charge on any atom is -0.485 e. The fraction of sp³-hybridized carbons (Fsp3) is 0.471. The first-order chi connectivity index (χ1) is 18.9. The van der Waals surface area contributed by atoms with Crippen LogP contribution in [0.1, 0.15) is 80.7 Å². The van der Waals surface area contributed by atoms with Crippen LogP contribution in [0.3, 0.4) is 0 Å². The number of hydrogen-bond donors (Lipinski definition) is 1. The Morgan fingerprint density at radius 2 is 1.72 bits per heavy atom. The molecule has 1 aliphatic carbocycles. The number of hydrogen-bond acceptors (Lipinski definition) is 4. The second-order valence-corrected chi connectivity index (χ2v) is 11.7. The fourth-order valence-corrected chi connectivity index (χ4v) is 5.87. The maximum absolute atomic E-state index is 13.8. The molecule has 3 aromatic rings. The highest BCUT2D eigenvalue weighted by Gasteiger charge is 2.45. The number of benzene rings is 3. The molecule has 2 atom stereocenters. The second kappa shape index (κ2) is 12.5. The van der Waals surface area contributed by atoms with Crippen LogP contribution >= 0.6 is 0 Å². The molecule has 1 aliphatic heterocycles. The van der Waals surface area contributed by atoms with Gasteiger partial charge in [-0.3, -0.25) is 0 Å². The molecule has 1 heterocycles. The number of anilines is 1. The monoisotopic (exact) mass is 531 g/mol. The Hall–Kier alpha value is -2.89. The van der Waals surface area contributed by atoms with Gasteiger partial charge in [0.05, 0.1) is 6.61 Å². The van der Waals surface area contributed by atoms with Gasteiger partial charge in [-0.1, -0.05) is 74.1 Å². The number of halogens is 1. The average Bonchev–Trinajstić information content (AvgIpc) is 2.92. The molecule has 5 rings (SSSR count). The lowest BCUT2D eigenvalue weighted by molar-refractivity contribution is -0.168. The van der Waals surface area contributed by atoms with E-state index in [4.69, 9.17) is 14.2 Å². The molecule has 2 aliphatic rings. The molecule has 0 amide bonds. The number of aryl methyl sites for hydroxylation is 1. The zero-order valence-corrected chi connectivity index (χ0v) is 23.5. The lowest BCUT2D eigenvalue weighted by Crippen LogP contribution is -2.51. The summed E-state index contributed by atoms with van der Waals surface area (Å²) < 4.78 is 33.5. The summed E-state index contributed by atoms with van der Waals surface area (Å²) in [6, 6.07) is 21.4. The van der Waals surface area contributed by atoms with Crippen molar-refractivity contribution in [3.8, 4) is 5.75 Å².